The van der Waals surface area contributed by atoms with Crippen molar-refractivity contribution in [3.05, 3.63) is 40.0 Å². The summed E-state index contributed by atoms with van der Waals surface area (Å²) in [6.45, 7) is 0.176. The van der Waals surface area contributed by atoms with Crippen molar-refractivity contribution in [3.8, 4) is 0 Å². The van der Waals surface area contributed by atoms with Crippen molar-refractivity contribution in [1.82, 2.24) is 4.90 Å². The summed E-state index contributed by atoms with van der Waals surface area (Å²) in [4.78, 5) is 39.3. The van der Waals surface area contributed by atoms with E-state index in [2.05, 4.69) is 40.1 Å². The Morgan fingerprint density at radius 3 is 2.19 bits per heavy atom. The molecule has 0 spiro atoms. The molecule has 4 aliphatic carbocycles. The summed E-state index contributed by atoms with van der Waals surface area (Å²) < 4.78 is 1.10. The van der Waals surface area contributed by atoms with Gasteiger partial charge in [0, 0.05) is 22.2 Å². The number of amides is 3. The minimum Gasteiger partial charge on any atom is -0.326 e. The van der Waals surface area contributed by atoms with E-state index in [-0.39, 0.29) is 54.4 Å². The van der Waals surface area contributed by atoms with Gasteiger partial charge in [0.15, 0.2) is 0 Å². The molecule has 1 N–H and O–H groups in total. The van der Waals surface area contributed by atoms with Crippen LogP contribution in [0.15, 0.2) is 36.4 Å². The fraction of sp³-hybridized carbons (Fsp3) is 0.450. The molecule has 5 aliphatic rings. The average molecular weight is 462 g/mol. The van der Waals surface area contributed by atoms with Crippen molar-refractivity contribution in [1.29, 1.82) is 0 Å². The first-order valence-electron chi connectivity index (χ1n) is 9.13. The summed E-state index contributed by atoms with van der Waals surface area (Å²) in [7, 11) is 0. The van der Waals surface area contributed by atoms with Crippen LogP contribution in [-0.2, 0) is 14.4 Å². The van der Waals surface area contributed by atoms with Crippen molar-refractivity contribution in [2.75, 3.05) is 11.9 Å². The highest BCUT2D eigenvalue weighted by Crippen LogP contribution is 2.65. The number of imide groups is 1. The third-order valence-corrected chi connectivity index (χ3v) is 7.16. The maximum atomic E-state index is 12.9. The van der Waals surface area contributed by atoms with Gasteiger partial charge in [-0.25, -0.2) is 0 Å². The smallest absolute Gasteiger partial charge is 0.233 e. The number of allylic oxidation sites excluding steroid dienone is 2. The third kappa shape index (κ3) is 2.45. The summed E-state index contributed by atoms with van der Waals surface area (Å²) in [6, 6.07) is 7.52. The van der Waals surface area contributed by atoms with Gasteiger partial charge in [-0.05, 0) is 76.9 Å². The van der Waals surface area contributed by atoms with Crippen LogP contribution in [0.4, 0.5) is 5.69 Å². The number of hydrogen-bond acceptors (Lipinski definition) is 3. The molecule has 3 amide bonds. The number of carbonyl (C=O) groups excluding carboxylic acids is 3. The molecule has 1 aromatic rings. The Bertz CT molecular complexity index is 798. The Morgan fingerprint density at radius 2 is 1.62 bits per heavy atom. The Kier molecular flexibility index (Phi) is 3.74. The molecule has 6 atom stereocenters. The van der Waals surface area contributed by atoms with Gasteiger partial charge >= 0.3 is 0 Å². The molecule has 0 radical (unpaired) electrons. The van der Waals surface area contributed by atoms with Crippen molar-refractivity contribution < 1.29 is 14.4 Å². The zero-order valence-electron chi connectivity index (χ0n) is 14.1. The molecule has 5 nitrogen and oxygen atoms in total. The molecule has 134 valence electrons. The molecule has 0 aromatic heterocycles. The van der Waals surface area contributed by atoms with Crippen LogP contribution in [0, 0.1) is 39.1 Å². The number of nitrogens with zero attached hydrogens (tertiary/aromatic N) is 1. The minimum atomic E-state index is -0.180. The number of hydrogen-bond donors (Lipinski definition) is 1. The van der Waals surface area contributed by atoms with Crippen LogP contribution in [0.3, 0.4) is 0 Å². The van der Waals surface area contributed by atoms with Gasteiger partial charge in [0.2, 0.25) is 17.7 Å². The van der Waals surface area contributed by atoms with Crippen LogP contribution in [0.25, 0.3) is 0 Å². The first kappa shape index (κ1) is 16.5. The molecule has 1 aromatic carbocycles. The lowest BCUT2D eigenvalue weighted by Crippen LogP contribution is -2.40. The second kappa shape index (κ2) is 5.90. The number of halogens is 1. The molecule has 0 unspecified atom stereocenters. The van der Waals surface area contributed by atoms with Crippen LogP contribution in [0.2, 0.25) is 0 Å². The van der Waals surface area contributed by atoms with E-state index >= 15 is 0 Å². The highest BCUT2D eigenvalue weighted by atomic mass is 127. The quantitative estimate of drug-likeness (QED) is 0.425. The van der Waals surface area contributed by atoms with Crippen molar-refractivity contribution in [2.24, 2.45) is 35.5 Å². The predicted octanol–water partition coefficient (Wildman–Crippen LogP) is 2.67. The van der Waals surface area contributed by atoms with Gasteiger partial charge in [-0.3, -0.25) is 19.3 Å². The van der Waals surface area contributed by atoms with E-state index in [4.69, 9.17) is 0 Å². The standard InChI is InChI=1S/C20H19IN2O3/c21-10-1-3-11(4-2-10)22-16(24)7-8-23-19(25)17-12-5-6-13(15-9-14(12)15)18(17)20(23)26/h1-6,12-15,17-18H,7-9H2,(H,22,24)/t12-,13-,14-,15-,17+,18+/m1/s1. The van der Waals surface area contributed by atoms with Gasteiger partial charge in [0.05, 0.1) is 11.8 Å². The summed E-state index contributed by atoms with van der Waals surface area (Å²) in [5, 5.41) is 2.83. The van der Waals surface area contributed by atoms with Gasteiger partial charge in [-0.2, -0.15) is 0 Å². The Hall–Kier alpha value is -1.70. The van der Waals surface area contributed by atoms with Crippen LogP contribution >= 0.6 is 22.6 Å². The second-order valence-electron chi connectivity index (χ2n) is 7.79. The van der Waals surface area contributed by atoms with Gasteiger partial charge in [0.25, 0.3) is 0 Å². The lowest BCUT2D eigenvalue weighted by Gasteiger charge is -2.37. The lowest BCUT2D eigenvalue weighted by molar-refractivity contribution is -0.140. The van der Waals surface area contributed by atoms with Crippen LogP contribution in [0.1, 0.15) is 12.8 Å². The zero-order valence-corrected chi connectivity index (χ0v) is 16.3. The van der Waals surface area contributed by atoms with Gasteiger partial charge in [-0.1, -0.05) is 12.2 Å². The van der Waals surface area contributed by atoms with Crippen molar-refractivity contribution >= 4 is 46.0 Å². The highest BCUT2D eigenvalue weighted by Gasteiger charge is 2.66. The Balaban J connectivity index is 1.24. The fourth-order valence-corrected chi connectivity index (χ4v) is 5.57. The third-order valence-electron chi connectivity index (χ3n) is 6.44. The van der Waals surface area contributed by atoms with Crippen LogP contribution in [0.5, 0.6) is 0 Å². The summed E-state index contributed by atoms with van der Waals surface area (Å²) in [5.41, 5.74) is 0.727. The molecule has 26 heavy (non-hydrogen) atoms. The normalized spacial score (nSPS) is 36.1. The topological polar surface area (TPSA) is 66.5 Å². The lowest BCUT2D eigenvalue weighted by atomic mass is 9.63. The van der Waals surface area contributed by atoms with Gasteiger partial charge < -0.3 is 5.32 Å². The van der Waals surface area contributed by atoms with E-state index in [0.717, 1.165) is 15.7 Å². The van der Waals surface area contributed by atoms with E-state index in [0.29, 0.717) is 11.8 Å². The highest BCUT2D eigenvalue weighted by molar-refractivity contribution is 14.1. The van der Waals surface area contributed by atoms with Gasteiger partial charge in [0.1, 0.15) is 0 Å². The molecule has 1 aliphatic heterocycles. The van der Waals surface area contributed by atoms with E-state index in [1.165, 1.54) is 4.90 Å². The largest absolute Gasteiger partial charge is 0.326 e. The first-order valence-corrected chi connectivity index (χ1v) is 10.2. The molecular weight excluding hydrogens is 443 g/mol. The van der Waals surface area contributed by atoms with Crippen LogP contribution in [-0.4, -0.2) is 29.2 Å². The minimum absolute atomic E-state index is 0.0632. The second-order valence-corrected chi connectivity index (χ2v) is 9.03. The maximum Gasteiger partial charge on any atom is 0.233 e. The van der Waals surface area contributed by atoms with E-state index in [1.807, 2.05) is 24.3 Å². The SMILES string of the molecule is O=C(CCN1C(=O)[C@H]2[C@@H]3C=C[C@H]([C@H]4C[C@H]34)[C@@H]2C1=O)Nc1ccc(I)cc1. The molecule has 3 fully saturated rings. The van der Waals surface area contributed by atoms with E-state index in [9.17, 15) is 14.4 Å². The Labute approximate surface area is 165 Å². The van der Waals surface area contributed by atoms with Crippen molar-refractivity contribution in [3.63, 3.8) is 0 Å². The monoisotopic (exact) mass is 462 g/mol. The predicted molar refractivity (Wildman–Crippen MR) is 104 cm³/mol. The molecule has 1 saturated heterocycles. The summed E-state index contributed by atoms with van der Waals surface area (Å²) in [6.07, 6.45) is 5.63. The maximum absolute atomic E-state index is 12.9. The van der Waals surface area contributed by atoms with Crippen LogP contribution < -0.4 is 5.32 Å². The number of benzene rings is 1. The molecular formula is C20H19IN2O3. The first-order chi connectivity index (χ1) is 12.5. The molecule has 6 rings (SSSR count). The molecule has 2 saturated carbocycles. The molecule has 2 bridgehead atoms. The Morgan fingerprint density at radius 1 is 1.04 bits per heavy atom. The zero-order chi connectivity index (χ0) is 18.0. The number of likely N-dealkylation sites (tertiary alicyclic amines) is 1. The molecule has 6 heteroatoms. The van der Waals surface area contributed by atoms with Gasteiger partial charge in [-0.15, -0.1) is 0 Å². The number of nitrogens with one attached hydrogen (secondary N) is 1. The molecule has 1 heterocycles. The number of rotatable bonds is 4. The van der Waals surface area contributed by atoms with E-state index in [1.54, 1.807) is 0 Å². The van der Waals surface area contributed by atoms with Crippen molar-refractivity contribution in [2.45, 2.75) is 12.8 Å². The fourth-order valence-electron chi connectivity index (χ4n) is 5.21. The number of carbonyl (C=O) groups is 3. The summed E-state index contributed by atoms with van der Waals surface area (Å²) in [5.74, 6) is 1.01. The summed E-state index contributed by atoms with van der Waals surface area (Å²) >= 11 is 2.21. The average Bonchev–Trinajstić information content (AvgIpc) is 3.41. The van der Waals surface area contributed by atoms with E-state index < -0.39 is 0 Å². The number of anilines is 1.